The molecular weight excluding hydrogens is 547 g/mol. The molecule has 0 saturated heterocycles. The zero-order valence-corrected chi connectivity index (χ0v) is 21.8. The molecule has 0 saturated carbocycles. The zero-order chi connectivity index (χ0) is 24.1. The Balaban J connectivity index is 1.64. The van der Waals surface area contributed by atoms with Crippen molar-refractivity contribution in [2.45, 2.75) is 5.41 Å². The van der Waals surface area contributed by atoms with Crippen molar-refractivity contribution in [1.29, 1.82) is 0 Å². The Morgan fingerprint density at radius 3 is 1.78 bits per heavy atom. The van der Waals surface area contributed by atoms with Gasteiger partial charge in [0.15, 0.2) is 0 Å². The molecule has 6 aromatic rings. The number of fused-ring (bicyclic) bond motifs is 5. The summed E-state index contributed by atoms with van der Waals surface area (Å²) in [6, 6.07) is 51.4. The molecule has 0 aliphatic heterocycles. The van der Waals surface area contributed by atoms with Crippen LogP contribution in [0.3, 0.4) is 0 Å². The topological polar surface area (TPSA) is 0 Å². The Bertz CT molecular complexity index is 1680. The largest absolute Gasteiger partial charge is 0.0714 e. The van der Waals surface area contributed by atoms with Crippen molar-refractivity contribution >= 4 is 33.4 Å². The normalized spacial score (nSPS) is 13.4. The van der Waals surface area contributed by atoms with Crippen LogP contribution in [0.15, 0.2) is 140 Å². The molecule has 0 amide bonds. The fourth-order valence-electron chi connectivity index (χ4n) is 6.08. The number of rotatable bonds is 3. The maximum absolute atomic E-state index is 2.44. The minimum Gasteiger partial charge on any atom is -0.0622 e. The van der Waals surface area contributed by atoms with E-state index in [1.165, 1.54) is 58.9 Å². The first-order chi connectivity index (χ1) is 17.8. The van der Waals surface area contributed by atoms with E-state index in [0.717, 1.165) is 0 Å². The van der Waals surface area contributed by atoms with E-state index >= 15 is 0 Å². The van der Waals surface area contributed by atoms with E-state index in [2.05, 4.69) is 162 Å². The lowest BCUT2D eigenvalue weighted by Crippen LogP contribution is -2.28. The van der Waals surface area contributed by atoms with Gasteiger partial charge in [-0.3, -0.25) is 0 Å². The van der Waals surface area contributed by atoms with Crippen molar-refractivity contribution in [3.8, 4) is 22.3 Å². The molecule has 0 nitrogen and oxygen atoms in total. The van der Waals surface area contributed by atoms with Gasteiger partial charge in [0.25, 0.3) is 0 Å². The van der Waals surface area contributed by atoms with Crippen molar-refractivity contribution < 1.29 is 0 Å². The highest BCUT2D eigenvalue weighted by molar-refractivity contribution is 14.1. The summed E-state index contributed by atoms with van der Waals surface area (Å²) in [5.74, 6) is 0. The summed E-state index contributed by atoms with van der Waals surface area (Å²) in [5, 5.41) is 2.59. The van der Waals surface area contributed by atoms with Crippen LogP contribution >= 0.6 is 22.6 Å². The van der Waals surface area contributed by atoms with Gasteiger partial charge in [0.2, 0.25) is 0 Å². The highest BCUT2D eigenvalue weighted by Gasteiger charge is 2.46. The van der Waals surface area contributed by atoms with Crippen LogP contribution in [0.5, 0.6) is 0 Å². The van der Waals surface area contributed by atoms with Gasteiger partial charge in [-0.15, -0.1) is 0 Å². The Morgan fingerprint density at radius 2 is 1.08 bits per heavy atom. The first-order valence-corrected chi connectivity index (χ1v) is 13.4. The third kappa shape index (κ3) is 3.12. The number of benzene rings is 6. The minimum absolute atomic E-state index is 0.392. The highest BCUT2D eigenvalue weighted by atomic mass is 127. The van der Waals surface area contributed by atoms with Gasteiger partial charge in [-0.05, 0) is 96.1 Å². The molecule has 1 aliphatic rings. The van der Waals surface area contributed by atoms with Crippen LogP contribution in [0.25, 0.3) is 33.0 Å². The molecule has 1 heteroatoms. The summed E-state index contributed by atoms with van der Waals surface area (Å²) < 4.78 is 1.25. The maximum Gasteiger partial charge on any atom is 0.0714 e. The molecule has 1 aliphatic carbocycles. The quantitative estimate of drug-likeness (QED) is 0.186. The fourth-order valence-corrected chi connectivity index (χ4v) is 6.44. The zero-order valence-electron chi connectivity index (χ0n) is 19.7. The predicted molar refractivity (Wildman–Crippen MR) is 159 cm³/mol. The standard InChI is InChI=1S/C35H23I/c36-29-19-15-24(16-20-29)26-17-21-31-33(23-26)35(27-10-3-1-4-11-27,28-12-5-2-6-13-28)32-22-18-25-9-7-8-14-30(25)34(31)32/h1-23H. The molecule has 0 fully saturated rings. The number of halogens is 1. The molecule has 7 rings (SSSR count). The molecular formula is C35H23I. The number of hydrogen-bond acceptors (Lipinski definition) is 0. The SMILES string of the molecule is Ic1ccc(-c2ccc3c(c2)C(c2ccccc2)(c2ccccc2)c2ccc4ccccc4c2-3)cc1. The van der Waals surface area contributed by atoms with Crippen molar-refractivity contribution in [2.24, 2.45) is 0 Å². The lowest BCUT2D eigenvalue weighted by Gasteiger charge is -2.34. The van der Waals surface area contributed by atoms with Gasteiger partial charge in [-0.2, -0.15) is 0 Å². The van der Waals surface area contributed by atoms with Crippen LogP contribution < -0.4 is 0 Å². The van der Waals surface area contributed by atoms with Gasteiger partial charge in [0.1, 0.15) is 0 Å². The van der Waals surface area contributed by atoms with Crippen LogP contribution in [0.4, 0.5) is 0 Å². The lowest BCUT2D eigenvalue weighted by atomic mass is 9.67. The molecule has 0 bridgehead atoms. The third-order valence-corrected chi connectivity index (χ3v) is 8.34. The molecule has 0 N–H and O–H groups in total. The summed E-state index contributed by atoms with van der Waals surface area (Å²) in [4.78, 5) is 0. The van der Waals surface area contributed by atoms with Gasteiger partial charge in [0, 0.05) is 3.57 Å². The smallest absolute Gasteiger partial charge is 0.0622 e. The van der Waals surface area contributed by atoms with E-state index in [0.29, 0.717) is 0 Å². The monoisotopic (exact) mass is 570 g/mol. The minimum atomic E-state index is -0.392. The second-order valence-electron chi connectivity index (χ2n) is 9.46. The lowest BCUT2D eigenvalue weighted by molar-refractivity contribution is 0.769. The van der Waals surface area contributed by atoms with E-state index in [1.54, 1.807) is 0 Å². The Morgan fingerprint density at radius 1 is 0.472 bits per heavy atom. The summed E-state index contributed by atoms with van der Waals surface area (Å²) >= 11 is 2.37. The van der Waals surface area contributed by atoms with E-state index in [9.17, 15) is 0 Å². The molecule has 0 radical (unpaired) electrons. The van der Waals surface area contributed by atoms with Crippen LogP contribution in [0.2, 0.25) is 0 Å². The second kappa shape index (κ2) is 8.46. The molecule has 36 heavy (non-hydrogen) atoms. The molecule has 0 aromatic heterocycles. The third-order valence-electron chi connectivity index (χ3n) is 7.62. The van der Waals surface area contributed by atoms with Gasteiger partial charge in [0.05, 0.1) is 5.41 Å². The molecule has 170 valence electrons. The van der Waals surface area contributed by atoms with Gasteiger partial charge in [-0.1, -0.05) is 121 Å². The summed E-state index contributed by atoms with van der Waals surface area (Å²) in [7, 11) is 0. The molecule has 0 spiro atoms. The number of hydrogen-bond donors (Lipinski definition) is 0. The van der Waals surface area contributed by atoms with Gasteiger partial charge in [-0.25, -0.2) is 0 Å². The average Bonchev–Trinajstić information content (AvgIpc) is 3.25. The first kappa shape index (κ1) is 21.6. The molecule has 6 aromatic carbocycles. The van der Waals surface area contributed by atoms with E-state index < -0.39 is 5.41 Å². The molecule has 0 heterocycles. The Kier molecular flexibility index (Phi) is 5.07. The maximum atomic E-state index is 2.44. The van der Waals surface area contributed by atoms with E-state index in [-0.39, 0.29) is 0 Å². The van der Waals surface area contributed by atoms with Crippen LogP contribution in [0, 0.1) is 3.57 Å². The second-order valence-corrected chi connectivity index (χ2v) is 10.7. The average molecular weight is 570 g/mol. The van der Waals surface area contributed by atoms with Crippen molar-refractivity contribution in [3.05, 3.63) is 165 Å². The van der Waals surface area contributed by atoms with Crippen LogP contribution in [-0.2, 0) is 5.41 Å². The summed E-state index contributed by atoms with van der Waals surface area (Å²) in [6.45, 7) is 0. The van der Waals surface area contributed by atoms with Crippen molar-refractivity contribution in [1.82, 2.24) is 0 Å². The summed E-state index contributed by atoms with van der Waals surface area (Å²) in [6.07, 6.45) is 0. The molecule has 0 unspecified atom stereocenters. The van der Waals surface area contributed by atoms with Crippen LogP contribution in [0.1, 0.15) is 22.3 Å². The molecule has 0 atom stereocenters. The predicted octanol–water partition coefficient (Wildman–Crippen LogP) is 9.47. The van der Waals surface area contributed by atoms with E-state index in [4.69, 9.17) is 0 Å². The van der Waals surface area contributed by atoms with E-state index in [1.807, 2.05) is 0 Å². The Labute approximate surface area is 225 Å². The summed E-state index contributed by atoms with van der Waals surface area (Å²) in [5.41, 5.74) is 10.1. The van der Waals surface area contributed by atoms with Crippen molar-refractivity contribution in [3.63, 3.8) is 0 Å². The van der Waals surface area contributed by atoms with Crippen molar-refractivity contribution in [2.75, 3.05) is 0 Å². The van der Waals surface area contributed by atoms with Gasteiger partial charge >= 0.3 is 0 Å². The van der Waals surface area contributed by atoms with Gasteiger partial charge < -0.3 is 0 Å². The first-order valence-electron chi connectivity index (χ1n) is 12.3. The van der Waals surface area contributed by atoms with Crippen LogP contribution in [-0.4, -0.2) is 0 Å². The Hall–Kier alpha value is -3.69. The fraction of sp³-hybridized carbons (Fsp3) is 0.0286. The highest BCUT2D eigenvalue weighted by Crippen LogP contribution is 2.58.